The molecule has 0 bridgehead atoms. The van der Waals surface area contributed by atoms with Crippen LogP contribution in [0.2, 0.25) is 0 Å². The van der Waals surface area contributed by atoms with Gasteiger partial charge < -0.3 is 10.1 Å². The number of benzene rings is 2. The van der Waals surface area contributed by atoms with Crippen molar-refractivity contribution in [2.45, 2.75) is 29.7 Å². The van der Waals surface area contributed by atoms with Crippen molar-refractivity contribution in [3.05, 3.63) is 101 Å². The third-order valence-electron chi connectivity index (χ3n) is 6.17. The van der Waals surface area contributed by atoms with Gasteiger partial charge in [0.1, 0.15) is 0 Å². The highest BCUT2D eigenvalue weighted by Gasteiger charge is 2.57. The Labute approximate surface area is 199 Å². The minimum absolute atomic E-state index is 0.252. The van der Waals surface area contributed by atoms with E-state index >= 15 is 0 Å². The van der Waals surface area contributed by atoms with E-state index in [-0.39, 0.29) is 5.57 Å². The molecule has 1 unspecified atom stereocenters. The molecule has 4 rings (SSSR count). The van der Waals surface area contributed by atoms with Gasteiger partial charge in [0.25, 0.3) is 24.3 Å². The van der Waals surface area contributed by atoms with Crippen LogP contribution < -0.4 is 5.32 Å². The van der Waals surface area contributed by atoms with Gasteiger partial charge in [0.05, 0.1) is 12.6 Å². The van der Waals surface area contributed by atoms with Crippen LogP contribution in [0.25, 0.3) is 5.57 Å². The van der Waals surface area contributed by atoms with Crippen LogP contribution in [0.5, 0.6) is 0 Å². The van der Waals surface area contributed by atoms with Crippen LogP contribution >= 0.6 is 0 Å². The first kappa shape index (κ1) is 24.5. The summed E-state index contributed by atoms with van der Waals surface area (Å²) in [6, 6.07) is 14.5. The molecular weight excluding hydrogens is 478 g/mol. The fraction of sp³-hybridized carbons (Fsp3) is 0.250. The molecule has 2 aromatic carbocycles. The van der Waals surface area contributed by atoms with Gasteiger partial charge in [-0.25, -0.2) is 0 Å². The van der Waals surface area contributed by atoms with Gasteiger partial charge in [0.15, 0.2) is 0 Å². The predicted octanol–water partition coefficient (Wildman–Crippen LogP) is 3.42. The van der Waals surface area contributed by atoms with Gasteiger partial charge in [-0.15, -0.1) is 0 Å². The lowest BCUT2D eigenvalue weighted by Gasteiger charge is -2.30. The minimum atomic E-state index is -5.27. The lowest BCUT2D eigenvalue weighted by Crippen LogP contribution is -2.47. The Morgan fingerprint density at radius 2 is 1.79 bits per heavy atom. The molecule has 180 valence electrons. The second-order valence-corrected chi connectivity index (χ2v) is 11.7. The van der Waals surface area contributed by atoms with Gasteiger partial charge in [-0.3, -0.25) is 9.11 Å². The van der Waals surface area contributed by atoms with Gasteiger partial charge in [-0.1, -0.05) is 72.8 Å². The van der Waals surface area contributed by atoms with Crippen molar-refractivity contribution in [2.24, 2.45) is 0 Å². The number of nitrogens with one attached hydrogen (secondary N) is 1. The minimum Gasteiger partial charge on any atom is -0.380 e. The summed E-state index contributed by atoms with van der Waals surface area (Å²) in [5.74, 6) is 0. The van der Waals surface area contributed by atoms with E-state index in [9.17, 15) is 25.9 Å². The van der Waals surface area contributed by atoms with E-state index in [1.807, 2.05) is 48.5 Å². The first-order valence-corrected chi connectivity index (χ1v) is 13.4. The summed E-state index contributed by atoms with van der Waals surface area (Å²) < 4.78 is 72.2. The Morgan fingerprint density at radius 3 is 2.44 bits per heavy atom. The van der Waals surface area contributed by atoms with Crippen LogP contribution in [0.4, 0.5) is 0 Å². The fourth-order valence-corrected chi connectivity index (χ4v) is 7.15. The summed E-state index contributed by atoms with van der Waals surface area (Å²) in [6.07, 6.45) is 4.86. The average Bonchev–Trinajstić information content (AvgIpc) is 3.22. The Kier molecular flexibility index (Phi) is 6.65. The van der Waals surface area contributed by atoms with E-state index in [2.05, 4.69) is 5.32 Å². The molecule has 1 aliphatic carbocycles. The van der Waals surface area contributed by atoms with Crippen molar-refractivity contribution >= 4 is 25.8 Å². The Hall–Kier alpha value is -2.60. The molecule has 1 aliphatic heterocycles. The number of hydrogen-bond acceptors (Lipinski definition) is 6. The second-order valence-electron chi connectivity index (χ2n) is 8.16. The lowest BCUT2D eigenvalue weighted by atomic mass is 9.88. The first-order valence-electron chi connectivity index (χ1n) is 10.5. The summed E-state index contributed by atoms with van der Waals surface area (Å²) in [5.41, 5.74) is 3.98. The molecule has 0 saturated carbocycles. The number of allylic oxidation sites excluding steroid dienone is 4. The van der Waals surface area contributed by atoms with Gasteiger partial charge in [-0.05, 0) is 33.4 Å². The van der Waals surface area contributed by atoms with Crippen LogP contribution in [0.15, 0.2) is 78.4 Å². The molecule has 0 radical (unpaired) electrons. The van der Waals surface area contributed by atoms with Crippen molar-refractivity contribution in [2.75, 3.05) is 7.11 Å². The molecule has 3 N–H and O–H groups in total. The first-order chi connectivity index (χ1) is 16.1. The SMILES string of the molecule is COCc1cccc2c1C(C(=CC1=CC=CCC1(S(=O)(=O)O)S(=O)(=O)O)c1ccccc1)NC2. The quantitative estimate of drug-likeness (QED) is 0.490. The third-order valence-corrected chi connectivity index (χ3v) is 9.91. The lowest BCUT2D eigenvalue weighted by molar-refractivity contribution is 0.184. The predicted molar refractivity (Wildman–Crippen MR) is 129 cm³/mol. The maximum absolute atomic E-state index is 12.4. The molecule has 1 heterocycles. The van der Waals surface area contributed by atoms with Gasteiger partial charge >= 0.3 is 0 Å². The van der Waals surface area contributed by atoms with E-state index < -0.39 is 36.8 Å². The summed E-state index contributed by atoms with van der Waals surface area (Å²) in [4.78, 5) is 0. The molecule has 1 atom stereocenters. The van der Waals surface area contributed by atoms with Crippen LogP contribution in [0.1, 0.15) is 34.7 Å². The Morgan fingerprint density at radius 1 is 1.09 bits per heavy atom. The molecule has 0 spiro atoms. The fourth-order valence-electron chi connectivity index (χ4n) is 4.62. The molecule has 2 aliphatic rings. The van der Waals surface area contributed by atoms with E-state index in [1.165, 1.54) is 24.3 Å². The molecule has 0 saturated heterocycles. The normalized spacial score (nSPS) is 20.1. The molecular formula is C24H25NO7S2. The van der Waals surface area contributed by atoms with Crippen molar-refractivity contribution in [1.29, 1.82) is 0 Å². The zero-order valence-corrected chi connectivity index (χ0v) is 20.0. The maximum atomic E-state index is 12.4. The van der Waals surface area contributed by atoms with E-state index in [0.29, 0.717) is 18.7 Å². The number of ether oxygens (including phenoxy) is 1. The average molecular weight is 504 g/mol. The zero-order chi connectivity index (χ0) is 24.6. The second kappa shape index (κ2) is 9.21. The molecule has 10 heteroatoms. The number of fused-ring (bicyclic) bond motifs is 1. The molecule has 0 aromatic heterocycles. The molecule has 2 aromatic rings. The van der Waals surface area contributed by atoms with Crippen molar-refractivity contribution < 1.29 is 30.7 Å². The van der Waals surface area contributed by atoms with Crippen molar-refractivity contribution in [3.63, 3.8) is 0 Å². The third kappa shape index (κ3) is 4.17. The van der Waals surface area contributed by atoms with Gasteiger partial charge in [0, 0.05) is 20.1 Å². The largest absolute Gasteiger partial charge is 0.380 e. The maximum Gasteiger partial charge on any atom is 0.292 e. The van der Waals surface area contributed by atoms with E-state index in [4.69, 9.17) is 4.74 Å². The van der Waals surface area contributed by atoms with E-state index in [0.717, 1.165) is 22.3 Å². The highest BCUT2D eigenvalue weighted by molar-refractivity contribution is 8.05. The number of methoxy groups -OCH3 is 1. The summed E-state index contributed by atoms with van der Waals surface area (Å²) in [7, 11) is -8.94. The van der Waals surface area contributed by atoms with Crippen molar-refractivity contribution in [3.8, 4) is 0 Å². The van der Waals surface area contributed by atoms with E-state index in [1.54, 1.807) is 7.11 Å². The summed E-state index contributed by atoms with van der Waals surface area (Å²) >= 11 is 0. The highest BCUT2D eigenvalue weighted by Crippen LogP contribution is 2.44. The molecule has 8 nitrogen and oxygen atoms in total. The standard InChI is InChI=1S/C24H25NO7S2/c1-32-16-19-11-7-10-18-15-25-23(22(18)19)21(17-8-3-2-4-9-17)14-20-12-5-6-13-24(20,33(26,27)28)34(29,30)31/h2-12,14,23,25H,13,15-16H2,1H3,(H,26,27,28)(H,29,30,31). The molecule has 34 heavy (non-hydrogen) atoms. The smallest absolute Gasteiger partial charge is 0.292 e. The number of rotatable bonds is 7. The zero-order valence-electron chi connectivity index (χ0n) is 18.4. The van der Waals surface area contributed by atoms with Crippen LogP contribution in [0.3, 0.4) is 0 Å². The number of hydrogen-bond donors (Lipinski definition) is 3. The molecule has 0 fully saturated rings. The van der Waals surface area contributed by atoms with Crippen molar-refractivity contribution in [1.82, 2.24) is 5.32 Å². The Bertz CT molecular complexity index is 1360. The van der Waals surface area contributed by atoms with Crippen LogP contribution in [0, 0.1) is 0 Å². The summed E-state index contributed by atoms with van der Waals surface area (Å²) in [6.45, 7) is 0.900. The van der Waals surface area contributed by atoms with Crippen LogP contribution in [-0.4, -0.2) is 37.1 Å². The molecule has 0 amide bonds. The van der Waals surface area contributed by atoms with Crippen LogP contribution in [-0.2, 0) is 38.1 Å². The van der Waals surface area contributed by atoms with Gasteiger partial charge in [-0.2, -0.15) is 16.8 Å². The topological polar surface area (TPSA) is 130 Å². The summed E-state index contributed by atoms with van der Waals surface area (Å²) in [5, 5.41) is 3.42. The monoisotopic (exact) mass is 503 g/mol. The Balaban J connectivity index is 1.98. The highest BCUT2D eigenvalue weighted by atomic mass is 32.3. The van der Waals surface area contributed by atoms with Gasteiger partial charge in [0.2, 0.25) is 0 Å².